The number of aryl methyl sites for hydroxylation is 2. The topological polar surface area (TPSA) is 55.5 Å². The van der Waals surface area contributed by atoms with Gasteiger partial charge >= 0.3 is 0 Å². The number of benzene rings is 2. The summed E-state index contributed by atoms with van der Waals surface area (Å²) in [5.41, 5.74) is 11.0. The summed E-state index contributed by atoms with van der Waals surface area (Å²) in [5.74, 6) is 0.982. The number of phenolic OH excluding ortho intramolecular Hbond substituents is 1. The van der Waals surface area contributed by atoms with Crippen molar-refractivity contribution >= 4 is 0 Å². The second-order valence-electron chi connectivity index (χ2n) is 5.72. The molecule has 0 aliphatic rings. The first-order valence-electron chi connectivity index (χ1n) is 7.77. The molecular formula is C19H25NO2. The van der Waals surface area contributed by atoms with Gasteiger partial charge in [0.1, 0.15) is 0 Å². The van der Waals surface area contributed by atoms with Crippen molar-refractivity contribution in [1.82, 2.24) is 0 Å². The molecule has 0 fully saturated rings. The Morgan fingerprint density at radius 1 is 1.09 bits per heavy atom. The third-order valence-electron chi connectivity index (χ3n) is 4.09. The molecule has 1 atom stereocenters. The Bertz CT molecular complexity index is 637. The zero-order valence-corrected chi connectivity index (χ0v) is 13.6. The van der Waals surface area contributed by atoms with Crippen LogP contribution in [0, 0.1) is 13.8 Å². The Kier molecular flexibility index (Phi) is 5.45. The molecule has 0 bridgehead atoms. The van der Waals surface area contributed by atoms with E-state index in [1.54, 1.807) is 6.07 Å². The Morgan fingerprint density at radius 2 is 1.86 bits per heavy atom. The monoisotopic (exact) mass is 299 g/mol. The van der Waals surface area contributed by atoms with Crippen molar-refractivity contribution in [1.29, 1.82) is 0 Å². The average Bonchev–Trinajstić information content (AvgIpc) is 2.51. The summed E-state index contributed by atoms with van der Waals surface area (Å²) in [7, 11) is 0. The Morgan fingerprint density at radius 3 is 2.50 bits per heavy atom. The summed E-state index contributed by atoms with van der Waals surface area (Å²) in [6, 6.07) is 12.1. The van der Waals surface area contributed by atoms with Crippen LogP contribution < -0.4 is 10.5 Å². The molecule has 2 rings (SSSR count). The Balaban J connectivity index is 2.22. The van der Waals surface area contributed by atoms with Gasteiger partial charge in [-0.3, -0.25) is 0 Å². The molecule has 0 aliphatic heterocycles. The molecule has 118 valence electrons. The fourth-order valence-corrected chi connectivity index (χ4v) is 2.60. The normalized spacial score (nSPS) is 12.2. The molecule has 0 amide bonds. The smallest absolute Gasteiger partial charge is 0.161 e. The maximum absolute atomic E-state index is 9.79. The summed E-state index contributed by atoms with van der Waals surface area (Å²) in [6.07, 6.45) is 0.833. The van der Waals surface area contributed by atoms with Crippen LogP contribution in [-0.4, -0.2) is 18.3 Å². The molecule has 0 heterocycles. The lowest BCUT2D eigenvalue weighted by molar-refractivity contribution is 0.317. The van der Waals surface area contributed by atoms with E-state index in [4.69, 9.17) is 10.5 Å². The number of phenols is 1. The lowest BCUT2D eigenvalue weighted by Gasteiger charge is -2.17. The van der Waals surface area contributed by atoms with Crippen LogP contribution in [0.5, 0.6) is 11.5 Å². The first-order chi connectivity index (χ1) is 10.5. The van der Waals surface area contributed by atoms with Crippen LogP contribution in [0.4, 0.5) is 0 Å². The van der Waals surface area contributed by atoms with Gasteiger partial charge in [0.05, 0.1) is 6.61 Å². The quantitative estimate of drug-likeness (QED) is 0.855. The first-order valence-corrected chi connectivity index (χ1v) is 7.77. The molecule has 0 radical (unpaired) electrons. The molecule has 3 N–H and O–H groups in total. The molecule has 22 heavy (non-hydrogen) atoms. The highest BCUT2D eigenvalue weighted by molar-refractivity contribution is 5.42. The highest BCUT2D eigenvalue weighted by Gasteiger charge is 2.13. The first kappa shape index (κ1) is 16.4. The van der Waals surface area contributed by atoms with Gasteiger partial charge in [0.2, 0.25) is 0 Å². The van der Waals surface area contributed by atoms with E-state index in [2.05, 4.69) is 32.0 Å². The fourth-order valence-electron chi connectivity index (χ4n) is 2.60. The maximum atomic E-state index is 9.79. The van der Waals surface area contributed by atoms with E-state index >= 15 is 0 Å². The van der Waals surface area contributed by atoms with Crippen molar-refractivity contribution in [3.8, 4) is 11.5 Å². The number of rotatable bonds is 6. The zero-order chi connectivity index (χ0) is 16.1. The van der Waals surface area contributed by atoms with Gasteiger partial charge in [-0.2, -0.15) is 0 Å². The van der Waals surface area contributed by atoms with Gasteiger partial charge in [-0.05, 0) is 68.1 Å². The summed E-state index contributed by atoms with van der Waals surface area (Å²) in [4.78, 5) is 0. The van der Waals surface area contributed by atoms with Crippen LogP contribution in [0.2, 0.25) is 0 Å². The summed E-state index contributed by atoms with van der Waals surface area (Å²) in [6.45, 7) is 7.27. The van der Waals surface area contributed by atoms with Crippen LogP contribution in [-0.2, 0) is 6.42 Å². The van der Waals surface area contributed by atoms with Gasteiger partial charge in [-0.1, -0.05) is 24.3 Å². The second-order valence-corrected chi connectivity index (χ2v) is 5.72. The van der Waals surface area contributed by atoms with Crippen molar-refractivity contribution in [3.05, 3.63) is 58.7 Å². The lowest BCUT2D eigenvalue weighted by atomic mass is 9.90. The van der Waals surface area contributed by atoms with Crippen LogP contribution in [0.25, 0.3) is 0 Å². The number of hydrogen-bond acceptors (Lipinski definition) is 3. The van der Waals surface area contributed by atoms with Crippen molar-refractivity contribution in [2.24, 2.45) is 5.73 Å². The summed E-state index contributed by atoms with van der Waals surface area (Å²) in [5, 5.41) is 9.79. The number of hydrogen-bond donors (Lipinski definition) is 2. The molecule has 0 spiro atoms. The van der Waals surface area contributed by atoms with Crippen LogP contribution in [0.1, 0.15) is 35.1 Å². The van der Waals surface area contributed by atoms with Crippen molar-refractivity contribution < 1.29 is 9.84 Å². The van der Waals surface area contributed by atoms with Crippen molar-refractivity contribution in [2.75, 3.05) is 13.2 Å². The van der Waals surface area contributed by atoms with Gasteiger partial charge in [-0.15, -0.1) is 0 Å². The minimum absolute atomic E-state index is 0.182. The molecular weight excluding hydrogens is 274 g/mol. The predicted molar refractivity (Wildman–Crippen MR) is 90.7 cm³/mol. The number of nitrogens with two attached hydrogens (primary N) is 1. The highest BCUT2D eigenvalue weighted by atomic mass is 16.5. The van der Waals surface area contributed by atoms with E-state index < -0.39 is 0 Å². The second kappa shape index (κ2) is 7.32. The van der Waals surface area contributed by atoms with Gasteiger partial charge < -0.3 is 15.6 Å². The number of ether oxygens (including phenoxy) is 1. The third kappa shape index (κ3) is 3.80. The minimum atomic E-state index is 0.182. The minimum Gasteiger partial charge on any atom is -0.504 e. The molecule has 1 unspecified atom stereocenters. The fraction of sp³-hybridized carbons (Fsp3) is 0.368. The molecule has 0 aromatic heterocycles. The Labute approximate surface area is 132 Å². The van der Waals surface area contributed by atoms with Crippen LogP contribution in [0.15, 0.2) is 36.4 Å². The Hall–Kier alpha value is -2.00. The molecule has 0 saturated carbocycles. The third-order valence-corrected chi connectivity index (χ3v) is 4.09. The largest absolute Gasteiger partial charge is 0.504 e. The van der Waals surface area contributed by atoms with Crippen LogP contribution >= 0.6 is 0 Å². The molecule has 2 aromatic carbocycles. The highest BCUT2D eigenvalue weighted by Crippen LogP contribution is 2.29. The molecule has 3 nitrogen and oxygen atoms in total. The van der Waals surface area contributed by atoms with E-state index in [9.17, 15) is 5.11 Å². The van der Waals surface area contributed by atoms with Gasteiger partial charge in [-0.25, -0.2) is 0 Å². The summed E-state index contributed by atoms with van der Waals surface area (Å²) >= 11 is 0. The van der Waals surface area contributed by atoms with E-state index in [0.717, 1.165) is 12.0 Å². The van der Waals surface area contributed by atoms with Crippen molar-refractivity contribution in [3.63, 3.8) is 0 Å². The predicted octanol–water partition coefficient (Wildman–Crippen LogP) is 3.69. The van der Waals surface area contributed by atoms with E-state index in [1.165, 1.54) is 16.7 Å². The van der Waals surface area contributed by atoms with E-state index in [-0.39, 0.29) is 11.7 Å². The SMILES string of the molecule is CCOc1cc(CC(CN)c2ccc(C)c(C)c2)ccc1O. The molecule has 0 aliphatic carbocycles. The molecule has 2 aromatic rings. The average molecular weight is 299 g/mol. The van der Waals surface area contributed by atoms with Crippen molar-refractivity contribution in [2.45, 2.75) is 33.1 Å². The van der Waals surface area contributed by atoms with Gasteiger partial charge in [0, 0.05) is 5.92 Å². The maximum Gasteiger partial charge on any atom is 0.161 e. The zero-order valence-electron chi connectivity index (χ0n) is 13.6. The lowest BCUT2D eigenvalue weighted by Crippen LogP contribution is -2.15. The molecule has 0 saturated heterocycles. The van der Waals surface area contributed by atoms with E-state index in [1.807, 2.05) is 19.1 Å². The molecule has 3 heteroatoms. The number of aromatic hydroxyl groups is 1. The van der Waals surface area contributed by atoms with Crippen LogP contribution in [0.3, 0.4) is 0 Å². The van der Waals surface area contributed by atoms with E-state index in [0.29, 0.717) is 18.9 Å². The van der Waals surface area contributed by atoms with Gasteiger partial charge in [0.25, 0.3) is 0 Å². The standard InChI is InChI=1S/C19H25NO2/c1-4-22-19-11-15(6-8-18(19)21)10-17(12-20)16-7-5-13(2)14(3)9-16/h5-9,11,17,21H,4,10,12,20H2,1-3H3. The summed E-state index contributed by atoms with van der Waals surface area (Å²) < 4.78 is 5.45. The van der Waals surface area contributed by atoms with Gasteiger partial charge in [0.15, 0.2) is 11.5 Å².